The van der Waals surface area contributed by atoms with Crippen LogP contribution in [0.1, 0.15) is 18.5 Å². The topological polar surface area (TPSA) is 41.5 Å². The van der Waals surface area contributed by atoms with Crippen molar-refractivity contribution in [2.45, 2.75) is 19.1 Å². The molecular weight excluding hydrogens is 266 g/mol. The van der Waals surface area contributed by atoms with E-state index in [0.29, 0.717) is 5.56 Å². The average Bonchev–Trinajstić information content (AvgIpc) is 2.26. The van der Waals surface area contributed by atoms with Crippen LogP contribution in [-0.2, 0) is 4.74 Å². The second-order valence-electron chi connectivity index (χ2n) is 4.05. The molecule has 108 valence electrons. The second kappa shape index (κ2) is 6.72. The molecule has 1 unspecified atom stereocenters. The highest BCUT2D eigenvalue weighted by atomic mass is 19.4. The molecule has 0 aliphatic rings. The number of hydrogen-bond donors (Lipinski definition) is 2. The molecule has 0 radical (unpaired) electrons. The minimum absolute atomic E-state index is 0.105. The van der Waals surface area contributed by atoms with Crippen molar-refractivity contribution in [1.82, 2.24) is 5.32 Å². The lowest BCUT2D eigenvalue weighted by molar-refractivity contribution is -0.173. The predicted molar refractivity (Wildman–Crippen MR) is 61.4 cm³/mol. The highest BCUT2D eigenvalue weighted by molar-refractivity contribution is 5.34. The van der Waals surface area contributed by atoms with Crippen LogP contribution in [0.4, 0.5) is 17.6 Å². The minimum Gasteiger partial charge on any atom is -0.508 e. The number of nitrogens with one attached hydrogen (secondary N) is 1. The molecule has 19 heavy (non-hydrogen) atoms. The molecule has 0 aromatic heterocycles. The van der Waals surface area contributed by atoms with Gasteiger partial charge in [-0.25, -0.2) is 4.39 Å². The van der Waals surface area contributed by atoms with Crippen molar-refractivity contribution >= 4 is 0 Å². The number of phenolic OH excluding ortho intramolecular Hbond substituents is 1. The maximum atomic E-state index is 12.8. The van der Waals surface area contributed by atoms with E-state index in [1.807, 2.05) is 0 Å². The van der Waals surface area contributed by atoms with E-state index in [1.165, 1.54) is 12.1 Å². The van der Waals surface area contributed by atoms with Gasteiger partial charge in [-0.1, -0.05) is 6.07 Å². The van der Waals surface area contributed by atoms with Crippen LogP contribution in [0, 0.1) is 5.82 Å². The molecule has 0 heterocycles. The fraction of sp³-hybridized carbons (Fsp3) is 0.500. The number of hydrogen-bond acceptors (Lipinski definition) is 3. The van der Waals surface area contributed by atoms with Crippen molar-refractivity contribution in [2.24, 2.45) is 0 Å². The van der Waals surface area contributed by atoms with Crippen molar-refractivity contribution in [1.29, 1.82) is 0 Å². The van der Waals surface area contributed by atoms with Gasteiger partial charge in [0.05, 0.1) is 6.61 Å². The van der Waals surface area contributed by atoms with E-state index in [1.54, 1.807) is 6.92 Å². The summed E-state index contributed by atoms with van der Waals surface area (Å²) in [4.78, 5) is 0. The molecule has 0 saturated heterocycles. The monoisotopic (exact) mass is 281 g/mol. The van der Waals surface area contributed by atoms with Crippen molar-refractivity contribution in [3.63, 3.8) is 0 Å². The number of rotatable bonds is 6. The third-order valence-corrected chi connectivity index (χ3v) is 2.42. The molecule has 1 atom stereocenters. The summed E-state index contributed by atoms with van der Waals surface area (Å²) in [7, 11) is 0. The molecule has 0 aliphatic carbocycles. The molecule has 0 saturated carbocycles. The quantitative estimate of drug-likeness (QED) is 0.622. The lowest BCUT2D eigenvalue weighted by Gasteiger charge is -2.16. The summed E-state index contributed by atoms with van der Waals surface area (Å²) < 4.78 is 52.5. The van der Waals surface area contributed by atoms with Crippen LogP contribution in [0.15, 0.2) is 18.2 Å². The van der Waals surface area contributed by atoms with Gasteiger partial charge in [-0.15, -0.1) is 0 Å². The van der Waals surface area contributed by atoms with E-state index < -0.39 is 18.6 Å². The first kappa shape index (κ1) is 15.7. The molecule has 3 nitrogen and oxygen atoms in total. The zero-order valence-electron chi connectivity index (χ0n) is 10.3. The number of benzene rings is 1. The Hall–Kier alpha value is -1.34. The van der Waals surface area contributed by atoms with Crippen LogP contribution in [0.3, 0.4) is 0 Å². The largest absolute Gasteiger partial charge is 0.508 e. The molecule has 1 rings (SSSR count). The fourth-order valence-electron chi connectivity index (χ4n) is 1.53. The number of alkyl halides is 3. The molecule has 1 aromatic carbocycles. The van der Waals surface area contributed by atoms with E-state index in [4.69, 9.17) is 0 Å². The highest BCUT2D eigenvalue weighted by Crippen LogP contribution is 2.24. The molecule has 0 spiro atoms. The van der Waals surface area contributed by atoms with E-state index in [2.05, 4.69) is 10.1 Å². The van der Waals surface area contributed by atoms with Gasteiger partial charge in [-0.2, -0.15) is 13.2 Å². The number of phenols is 1. The van der Waals surface area contributed by atoms with Gasteiger partial charge in [0.2, 0.25) is 0 Å². The Balaban J connectivity index is 2.33. The van der Waals surface area contributed by atoms with Gasteiger partial charge < -0.3 is 15.2 Å². The van der Waals surface area contributed by atoms with Gasteiger partial charge in [0, 0.05) is 24.2 Å². The number of halogens is 4. The van der Waals surface area contributed by atoms with E-state index in [-0.39, 0.29) is 24.9 Å². The zero-order chi connectivity index (χ0) is 14.5. The summed E-state index contributed by atoms with van der Waals surface area (Å²) in [5.74, 6) is -0.752. The third kappa shape index (κ3) is 5.89. The van der Waals surface area contributed by atoms with Gasteiger partial charge in [0.25, 0.3) is 0 Å². The van der Waals surface area contributed by atoms with Crippen molar-refractivity contribution in [3.05, 3.63) is 29.6 Å². The van der Waals surface area contributed by atoms with E-state index in [9.17, 15) is 22.7 Å². The summed E-state index contributed by atoms with van der Waals surface area (Å²) in [5.41, 5.74) is 0.470. The Kier molecular flexibility index (Phi) is 5.56. The van der Waals surface area contributed by atoms with Crippen LogP contribution in [0.25, 0.3) is 0 Å². The molecule has 1 aromatic rings. The van der Waals surface area contributed by atoms with E-state index >= 15 is 0 Å². The normalized spacial score (nSPS) is 13.5. The number of aromatic hydroxyl groups is 1. The van der Waals surface area contributed by atoms with Crippen LogP contribution in [0.5, 0.6) is 5.75 Å². The molecule has 0 fully saturated rings. The number of ether oxygens (including phenoxy) is 1. The minimum atomic E-state index is -4.33. The summed E-state index contributed by atoms with van der Waals surface area (Å²) in [5, 5.41) is 12.4. The summed E-state index contributed by atoms with van der Waals surface area (Å²) >= 11 is 0. The van der Waals surface area contributed by atoms with Crippen molar-refractivity contribution in [2.75, 3.05) is 19.8 Å². The third-order valence-electron chi connectivity index (χ3n) is 2.42. The van der Waals surface area contributed by atoms with Gasteiger partial charge >= 0.3 is 6.18 Å². The van der Waals surface area contributed by atoms with Gasteiger partial charge in [-0.05, 0) is 13.0 Å². The first-order chi connectivity index (χ1) is 8.79. The molecule has 2 N–H and O–H groups in total. The zero-order valence-corrected chi connectivity index (χ0v) is 10.3. The van der Waals surface area contributed by atoms with E-state index in [0.717, 1.165) is 6.07 Å². The first-order valence-corrected chi connectivity index (χ1v) is 5.66. The Labute approximate surface area is 108 Å². The van der Waals surface area contributed by atoms with Crippen LogP contribution in [-0.4, -0.2) is 31.0 Å². The van der Waals surface area contributed by atoms with Gasteiger partial charge in [0.15, 0.2) is 0 Å². The summed E-state index contributed by atoms with van der Waals surface area (Å²) in [6, 6.07) is 3.27. The first-order valence-electron chi connectivity index (χ1n) is 5.66. The Morgan fingerprint density at radius 1 is 1.37 bits per heavy atom. The smallest absolute Gasteiger partial charge is 0.411 e. The van der Waals surface area contributed by atoms with Gasteiger partial charge in [0.1, 0.15) is 18.2 Å². The molecule has 7 heteroatoms. The summed E-state index contributed by atoms with van der Waals surface area (Å²) in [6.07, 6.45) is -4.33. The molecule has 0 bridgehead atoms. The fourth-order valence-corrected chi connectivity index (χ4v) is 1.53. The van der Waals surface area contributed by atoms with Crippen LogP contribution in [0.2, 0.25) is 0 Å². The lowest BCUT2D eigenvalue weighted by Crippen LogP contribution is -2.26. The maximum Gasteiger partial charge on any atom is 0.411 e. The molecular formula is C12H15F4NO2. The average molecular weight is 281 g/mol. The predicted octanol–water partition coefficient (Wildman–Crippen LogP) is 2.76. The second-order valence-corrected chi connectivity index (χ2v) is 4.05. The highest BCUT2D eigenvalue weighted by Gasteiger charge is 2.27. The van der Waals surface area contributed by atoms with Crippen LogP contribution >= 0.6 is 0 Å². The Morgan fingerprint density at radius 3 is 2.63 bits per heavy atom. The van der Waals surface area contributed by atoms with Crippen molar-refractivity contribution in [3.8, 4) is 5.75 Å². The van der Waals surface area contributed by atoms with Crippen LogP contribution < -0.4 is 5.32 Å². The molecule has 0 aliphatic heterocycles. The van der Waals surface area contributed by atoms with Crippen molar-refractivity contribution < 1.29 is 27.4 Å². The SMILES string of the molecule is CC(NCCOCC(F)(F)F)c1ccc(F)cc1O. The molecule has 0 amide bonds. The van der Waals surface area contributed by atoms with Gasteiger partial charge in [-0.3, -0.25) is 0 Å². The maximum absolute atomic E-state index is 12.8. The Bertz CT molecular complexity index is 409. The Morgan fingerprint density at radius 2 is 2.05 bits per heavy atom. The lowest BCUT2D eigenvalue weighted by atomic mass is 10.1. The summed E-state index contributed by atoms with van der Waals surface area (Å²) in [6.45, 7) is 0.501. The standard InChI is InChI=1S/C12H15F4NO2/c1-8(10-3-2-9(13)6-11(10)18)17-4-5-19-7-12(14,15)16/h2-3,6,8,17-18H,4-5,7H2,1H3.